The smallest absolute Gasteiger partial charge is 0.257 e. The van der Waals surface area contributed by atoms with Crippen LogP contribution in [-0.2, 0) is 6.54 Å². The van der Waals surface area contributed by atoms with Crippen LogP contribution in [0.5, 0.6) is 17.2 Å². The molecule has 0 atom stereocenters. The first-order valence-corrected chi connectivity index (χ1v) is 9.61. The van der Waals surface area contributed by atoms with Crippen LogP contribution in [0, 0.1) is 0 Å². The largest absolute Gasteiger partial charge is 0.496 e. The number of ether oxygens (including phenoxy) is 3. The van der Waals surface area contributed by atoms with E-state index in [9.17, 15) is 4.79 Å². The van der Waals surface area contributed by atoms with Crippen molar-refractivity contribution < 1.29 is 19.0 Å². The Hall–Kier alpha value is -3.94. The molecule has 1 aliphatic rings. The van der Waals surface area contributed by atoms with Gasteiger partial charge in [0, 0.05) is 23.6 Å². The number of benzene rings is 2. The highest BCUT2D eigenvalue weighted by molar-refractivity contribution is 6.04. The third-order valence-corrected chi connectivity index (χ3v) is 5.17. The molecule has 2 N–H and O–H groups in total. The first kappa shape index (κ1) is 18.1. The van der Waals surface area contributed by atoms with Crippen LogP contribution < -0.4 is 19.5 Å². The van der Waals surface area contributed by atoms with Gasteiger partial charge in [0.2, 0.25) is 6.79 Å². The SMILES string of the molecule is CCn1c(-c2cc(NC(=O)c3ccc4c(c3)OCO4)n[nH]2)cc2c(OC)cccc21. The molecule has 8 nitrogen and oxygen atoms in total. The summed E-state index contributed by atoms with van der Waals surface area (Å²) in [5.74, 6) is 2.18. The summed E-state index contributed by atoms with van der Waals surface area (Å²) in [5, 5.41) is 11.1. The molecule has 0 spiro atoms. The highest BCUT2D eigenvalue weighted by atomic mass is 16.7. The molecule has 0 radical (unpaired) electrons. The minimum absolute atomic E-state index is 0.166. The van der Waals surface area contributed by atoms with Crippen LogP contribution in [0.15, 0.2) is 48.5 Å². The van der Waals surface area contributed by atoms with E-state index in [2.05, 4.69) is 39.1 Å². The fourth-order valence-corrected chi connectivity index (χ4v) is 3.74. The summed E-state index contributed by atoms with van der Waals surface area (Å²) >= 11 is 0. The molecule has 8 heteroatoms. The van der Waals surface area contributed by atoms with Crippen molar-refractivity contribution in [3.63, 3.8) is 0 Å². The van der Waals surface area contributed by atoms with Gasteiger partial charge in [-0.15, -0.1) is 0 Å². The summed E-state index contributed by atoms with van der Waals surface area (Å²) in [6.45, 7) is 3.03. The van der Waals surface area contributed by atoms with E-state index in [-0.39, 0.29) is 12.7 Å². The molecule has 0 aliphatic carbocycles. The minimum atomic E-state index is -0.274. The summed E-state index contributed by atoms with van der Waals surface area (Å²) in [6.07, 6.45) is 0. The lowest BCUT2D eigenvalue weighted by Crippen LogP contribution is -2.12. The molecule has 2 aromatic heterocycles. The topological polar surface area (TPSA) is 90.4 Å². The van der Waals surface area contributed by atoms with Crippen molar-refractivity contribution in [2.24, 2.45) is 0 Å². The number of anilines is 1. The standard InChI is InChI=1S/C22H20N4O4/c1-3-26-16-5-4-6-18(28-2)14(16)10-17(26)15-11-21(25-24-15)23-22(27)13-7-8-19-20(9-13)30-12-29-19/h4-11H,3,12H2,1-2H3,(H2,23,24,25,27). The average molecular weight is 404 g/mol. The maximum absolute atomic E-state index is 12.6. The fraction of sp³-hybridized carbons (Fsp3) is 0.182. The molecule has 152 valence electrons. The van der Waals surface area contributed by atoms with Crippen molar-refractivity contribution >= 4 is 22.6 Å². The molecule has 1 amide bonds. The van der Waals surface area contributed by atoms with Crippen molar-refractivity contribution in [3.8, 4) is 28.6 Å². The number of carbonyl (C=O) groups excluding carboxylic acids is 1. The summed E-state index contributed by atoms with van der Waals surface area (Å²) in [7, 11) is 1.66. The van der Waals surface area contributed by atoms with E-state index < -0.39 is 0 Å². The minimum Gasteiger partial charge on any atom is -0.496 e. The van der Waals surface area contributed by atoms with Crippen molar-refractivity contribution in [2.45, 2.75) is 13.5 Å². The molecule has 5 rings (SSSR count). The molecule has 0 saturated carbocycles. The highest BCUT2D eigenvalue weighted by Crippen LogP contribution is 2.34. The van der Waals surface area contributed by atoms with Gasteiger partial charge < -0.3 is 24.1 Å². The van der Waals surface area contributed by atoms with Gasteiger partial charge in [0.1, 0.15) is 5.75 Å². The zero-order valence-electron chi connectivity index (χ0n) is 16.6. The van der Waals surface area contributed by atoms with E-state index in [1.54, 1.807) is 25.3 Å². The first-order chi connectivity index (χ1) is 14.7. The molecule has 0 saturated heterocycles. The van der Waals surface area contributed by atoms with E-state index in [0.29, 0.717) is 22.9 Å². The molecule has 0 unspecified atom stereocenters. The predicted octanol–water partition coefficient (Wildman–Crippen LogP) is 4.04. The Kier molecular flexibility index (Phi) is 4.31. The van der Waals surface area contributed by atoms with Crippen LogP contribution >= 0.6 is 0 Å². The first-order valence-electron chi connectivity index (χ1n) is 9.61. The van der Waals surface area contributed by atoms with Gasteiger partial charge in [-0.2, -0.15) is 5.10 Å². The number of amides is 1. The normalized spacial score (nSPS) is 12.3. The Morgan fingerprint density at radius 1 is 1.20 bits per heavy atom. The quantitative estimate of drug-likeness (QED) is 0.524. The van der Waals surface area contributed by atoms with Gasteiger partial charge in [0.25, 0.3) is 5.91 Å². The van der Waals surface area contributed by atoms with Gasteiger partial charge in [-0.05, 0) is 43.3 Å². The van der Waals surface area contributed by atoms with E-state index in [1.807, 2.05) is 18.2 Å². The Labute approximate surface area is 172 Å². The number of rotatable bonds is 5. The number of aryl methyl sites for hydroxylation is 1. The summed E-state index contributed by atoms with van der Waals surface area (Å²) in [5.41, 5.74) is 3.31. The van der Waals surface area contributed by atoms with Gasteiger partial charge in [0.05, 0.1) is 24.0 Å². The van der Waals surface area contributed by atoms with Crippen molar-refractivity contribution in [3.05, 3.63) is 54.1 Å². The van der Waals surface area contributed by atoms with E-state index in [4.69, 9.17) is 14.2 Å². The zero-order chi connectivity index (χ0) is 20.7. The number of nitrogens with one attached hydrogen (secondary N) is 2. The van der Waals surface area contributed by atoms with Crippen molar-refractivity contribution in [1.82, 2.24) is 14.8 Å². The van der Waals surface area contributed by atoms with E-state index in [0.717, 1.165) is 34.6 Å². The number of methoxy groups -OCH3 is 1. The molecular formula is C22H20N4O4. The second-order valence-corrected chi connectivity index (χ2v) is 6.86. The van der Waals surface area contributed by atoms with Crippen LogP contribution in [-0.4, -0.2) is 34.6 Å². The Morgan fingerprint density at radius 2 is 2.07 bits per heavy atom. The Bertz CT molecular complexity index is 1260. The predicted molar refractivity (Wildman–Crippen MR) is 112 cm³/mol. The van der Waals surface area contributed by atoms with Crippen LogP contribution in [0.3, 0.4) is 0 Å². The lowest BCUT2D eigenvalue weighted by molar-refractivity contribution is 0.102. The lowest BCUT2D eigenvalue weighted by atomic mass is 10.2. The fourth-order valence-electron chi connectivity index (χ4n) is 3.74. The Morgan fingerprint density at radius 3 is 2.90 bits per heavy atom. The molecule has 0 fully saturated rings. The molecular weight excluding hydrogens is 384 g/mol. The molecule has 3 heterocycles. The summed E-state index contributed by atoms with van der Waals surface area (Å²) in [4.78, 5) is 12.6. The van der Waals surface area contributed by atoms with Crippen LogP contribution in [0.2, 0.25) is 0 Å². The number of carbonyl (C=O) groups is 1. The number of hydrogen-bond donors (Lipinski definition) is 2. The third kappa shape index (κ3) is 2.93. The van der Waals surface area contributed by atoms with Crippen LogP contribution in [0.25, 0.3) is 22.3 Å². The number of H-pyrrole nitrogens is 1. The van der Waals surface area contributed by atoms with Crippen LogP contribution in [0.1, 0.15) is 17.3 Å². The van der Waals surface area contributed by atoms with Crippen LogP contribution in [0.4, 0.5) is 5.82 Å². The van der Waals surface area contributed by atoms with Gasteiger partial charge in [-0.25, -0.2) is 0 Å². The van der Waals surface area contributed by atoms with Gasteiger partial charge in [0.15, 0.2) is 17.3 Å². The molecule has 2 aromatic carbocycles. The number of nitrogens with zero attached hydrogens (tertiary/aromatic N) is 2. The number of aromatic amines is 1. The van der Waals surface area contributed by atoms with Crippen molar-refractivity contribution in [2.75, 3.05) is 19.2 Å². The monoisotopic (exact) mass is 404 g/mol. The second-order valence-electron chi connectivity index (χ2n) is 6.86. The Balaban J connectivity index is 1.44. The average Bonchev–Trinajstić information content (AvgIpc) is 3.50. The van der Waals surface area contributed by atoms with Gasteiger partial charge in [-0.3, -0.25) is 9.89 Å². The molecule has 30 heavy (non-hydrogen) atoms. The lowest BCUT2D eigenvalue weighted by Gasteiger charge is -2.06. The maximum Gasteiger partial charge on any atom is 0.257 e. The zero-order valence-corrected chi connectivity index (χ0v) is 16.6. The highest BCUT2D eigenvalue weighted by Gasteiger charge is 2.18. The second kappa shape index (κ2) is 7.14. The van der Waals surface area contributed by atoms with E-state index >= 15 is 0 Å². The summed E-state index contributed by atoms with van der Waals surface area (Å²) < 4.78 is 18.3. The number of fused-ring (bicyclic) bond motifs is 2. The molecule has 0 bridgehead atoms. The van der Waals surface area contributed by atoms with Crippen molar-refractivity contribution in [1.29, 1.82) is 0 Å². The maximum atomic E-state index is 12.6. The van der Waals surface area contributed by atoms with Gasteiger partial charge >= 0.3 is 0 Å². The number of aromatic nitrogens is 3. The number of hydrogen-bond acceptors (Lipinski definition) is 5. The third-order valence-electron chi connectivity index (χ3n) is 5.17. The summed E-state index contributed by atoms with van der Waals surface area (Å²) in [6, 6.07) is 14.9. The van der Waals surface area contributed by atoms with Gasteiger partial charge in [-0.1, -0.05) is 6.07 Å². The van der Waals surface area contributed by atoms with E-state index in [1.165, 1.54) is 0 Å². The molecule has 4 aromatic rings. The molecule has 1 aliphatic heterocycles.